The quantitative estimate of drug-likeness (QED) is 0.875. The highest BCUT2D eigenvalue weighted by molar-refractivity contribution is 5.44. The fourth-order valence-corrected chi connectivity index (χ4v) is 2.16. The molecule has 1 aliphatic rings. The number of rotatable bonds is 4. The lowest BCUT2D eigenvalue weighted by atomic mass is 10.1. The number of hydrogen-bond donors (Lipinski definition) is 1. The second kappa shape index (κ2) is 4.71. The molecule has 0 aliphatic carbocycles. The molecule has 3 rings (SSSR count). The third kappa shape index (κ3) is 2.39. The first-order valence-electron chi connectivity index (χ1n) is 6.01. The van der Waals surface area contributed by atoms with Gasteiger partial charge < -0.3 is 14.3 Å². The molecule has 1 saturated heterocycles. The number of hydrogen-bond acceptors (Lipinski definition) is 5. The van der Waals surface area contributed by atoms with Gasteiger partial charge in [0, 0.05) is 12.5 Å². The van der Waals surface area contributed by atoms with Crippen molar-refractivity contribution in [1.82, 2.24) is 15.5 Å². The highest BCUT2D eigenvalue weighted by Crippen LogP contribution is 2.17. The molecule has 0 bridgehead atoms. The maximum atomic E-state index is 5.21. The van der Waals surface area contributed by atoms with E-state index in [0.29, 0.717) is 23.5 Å². The van der Waals surface area contributed by atoms with E-state index in [1.807, 2.05) is 12.1 Å². The summed E-state index contributed by atoms with van der Waals surface area (Å²) in [5.41, 5.74) is 0. The van der Waals surface area contributed by atoms with Crippen LogP contribution < -0.4 is 5.32 Å². The molecular weight excluding hydrogens is 218 g/mol. The lowest BCUT2D eigenvalue weighted by molar-refractivity contribution is 0.368. The first kappa shape index (κ1) is 10.5. The molecule has 1 unspecified atom stereocenters. The van der Waals surface area contributed by atoms with E-state index in [-0.39, 0.29) is 0 Å². The molecule has 1 atom stereocenters. The summed E-state index contributed by atoms with van der Waals surface area (Å²) >= 11 is 0. The normalized spacial score (nSPS) is 19.9. The minimum atomic E-state index is 0.532. The lowest BCUT2D eigenvalue weighted by Gasteiger charge is -2.06. The Hall–Kier alpha value is -1.62. The summed E-state index contributed by atoms with van der Waals surface area (Å²) in [6.45, 7) is 1.13. The van der Waals surface area contributed by atoms with Gasteiger partial charge in [-0.05, 0) is 37.9 Å². The van der Waals surface area contributed by atoms with Crippen LogP contribution in [0.1, 0.15) is 25.2 Å². The molecule has 2 aromatic heterocycles. The summed E-state index contributed by atoms with van der Waals surface area (Å²) in [4.78, 5) is 4.31. The first-order valence-corrected chi connectivity index (χ1v) is 6.01. The summed E-state index contributed by atoms with van der Waals surface area (Å²) in [6.07, 6.45) is 6.00. The Morgan fingerprint density at radius 2 is 2.47 bits per heavy atom. The molecule has 0 spiro atoms. The average molecular weight is 233 g/mol. The molecular formula is C12H15N3O2. The third-order valence-electron chi connectivity index (χ3n) is 3.08. The number of furan rings is 1. The van der Waals surface area contributed by atoms with Crippen LogP contribution in [0.4, 0.5) is 0 Å². The molecule has 5 nitrogen and oxygen atoms in total. The second-order valence-electron chi connectivity index (χ2n) is 4.32. The van der Waals surface area contributed by atoms with Crippen LogP contribution in [0, 0.1) is 0 Å². The zero-order chi connectivity index (χ0) is 11.5. The van der Waals surface area contributed by atoms with Gasteiger partial charge in [0.15, 0.2) is 5.76 Å². The van der Waals surface area contributed by atoms with Gasteiger partial charge in [0.05, 0.1) is 6.26 Å². The van der Waals surface area contributed by atoms with Gasteiger partial charge in [-0.15, -0.1) is 0 Å². The number of nitrogens with zero attached hydrogens (tertiary/aromatic N) is 2. The van der Waals surface area contributed by atoms with E-state index in [2.05, 4.69) is 15.5 Å². The highest BCUT2D eigenvalue weighted by Gasteiger charge is 2.16. The largest absolute Gasteiger partial charge is 0.461 e. The van der Waals surface area contributed by atoms with Crippen LogP contribution in [-0.2, 0) is 6.42 Å². The van der Waals surface area contributed by atoms with Gasteiger partial charge in [-0.2, -0.15) is 4.98 Å². The van der Waals surface area contributed by atoms with Gasteiger partial charge in [0.2, 0.25) is 11.7 Å². The molecule has 0 radical (unpaired) electrons. The number of nitrogens with one attached hydrogen (secondary N) is 1. The smallest absolute Gasteiger partial charge is 0.238 e. The van der Waals surface area contributed by atoms with Crippen LogP contribution in [0.3, 0.4) is 0 Å². The fourth-order valence-electron chi connectivity index (χ4n) is 2.16. The summed E-state index contributed by atoms with van der Waals surface area (Å²) in [5.74, 6) is 1.87. The van der Waals surface area contributed by atoms with Crippen LogP contribution >= 0.6 is 0 Å². The van der Waals surface area contributed by atoms with Crippen molar-refractivity contribution in [3.63, 3.8) is 0 Å². The van der Waals surface area contributed by atoms with Gasteiger partial charge in [-0.25, -0.2) is 0 Å². The van der Waals surface area contributed by atoms with Crippen LogP contribution in [0.2, 0.25) is 0 Å². The predicted octanol–water partition coefficient (Wildman–Crippen LogP) is 2.01. The minimum Gasteiger partial charge on any atom is -0.461 e. The molecule has 0 amide bonds. The minimum absolute atomic E-state index is 0.532. The van der Waals surface area contributed by atoms with E-state index < -0.39 is 0 Å². The van der Waals surface area contributed by atoms with Gasteiger partial charge in [0.1, 0.15) is 0 Å². The van der Waals surface area contributed by atoms with Crippen molar-refractivity contribution in [1.29, 1.82) is 0 Å². The molecule has 3 heterocycles. The Morgan fingerprint density at radius 3 is 3.24 bits per heavy atom. The van der Waals surface area contributed by atoms with Crippen molar-refractivity contribution in [2.24, 2.45) is 0 Å². The van der Waals surface area contributed by atoms with Crippen molar-refractivity contribution in [3.05, 3.63) is 24.3 Å². The fraction of sp³-hybridized carbons (Fsp3) is 0.500. The predicted molar refractivity (Wildman–Crippen MR) is 61.3 cm³/mol. The van der Waals surface area contributed by atoms with Crippen molar-refractivity contribution < 1.29 is 8.94 Å². The lowest BCUT2D eigenvalue weighted by Crippen LogP contribution is -2.21. The number of aromatic nitrogens is 2. The zero-order valence-corrected chi connectivity index (χ0v) is 9.56. The maximum Gasteiger partial charge on any atom is 0.238 e. The summed E-state index contributed by atoms with van der Waals surface area (Å²) < 4.78 is 10.4. The Balaban J connectivity index is 1.60. The van der Waals surface area contributed by atoms with E-state index >= 15 is 0 Å². The molecule has 5 heteroatoms. The molecule has 0 aromatic carbocycles. The van der Waals surface area contributed by atoms with Crippen LogP contribution in [-0.4, -0.2) is 22.7 Å². The molecule has 2 aromatic rings. The summed E-state index contributed by atoms with van der Waals surface area (Å²) in [5, 5.41) is 7.36. The van der Waals surface area contributed by atoms with Gasteiger partial charge in [-0.3, -0.25) is 0 Å². The maximum absolute atomic E-state index is 5.21. The Bertz CT molecular complexity index is 458. The van der Waals surface area contributed by atoms with Crippen LogP contribution in [0.5, 0.6) is 0 Å². The monoisotopic (exact) mass is 233 g/mol. The van der Waals surface area contributed by atoms with Crippen molar-refractivity contribution in [2.75, 3.05) is 6.54 Å². The van der Waals surface area contributed by atoms with Gasteiger partial charge >= 0.3 is 0 Å². The van der Waals surface area contributed by atoms with Gasteiger partial charge in [-0.1, -0.05) is 5.16 Å². The summed E-state index contributed by atoms with van der Waals surface area (Å²) in [7, 11) is 0. The van der Waals surface area contributed by atoms with Crippen molar-refractivity contribution >= 4 is 0 Å². The highest BCUT2D eigenvalue weighted by atomic mass is 16.5. The second-order valence-corrected chi connectivity index (χ2v) is 4.32. The van der Waals surface area contributed by atoms with Crippen LogP contribution in [0.15, 0.2) is 27.3 Å². The standard InChI is InChI=1S/C12H15N3O2/c1-3-9(13-7-1)5-6-11-14-12(15-17-11)10-4-2-8-16-10/h2,4,8-9,13H,1,3,5-7H2. The van der Waals surface area contributed by atoms with Gasteiger partial charge in [0.25, 0.3) is 0 Å². The average Bonchev–Trinajstić information content (AvgIpc) is 3.09. The van der Waals surface area contributed by atoms with E-state index in [1.54, 1.807) is 6.26 Å². The first-order chi connectivity index (χ1) is 8.42. The third-order valence-corrected chi connectivity index (χ3v) is 3.08. The molecule has 17 heavy (non-hydrogen) atoms. The number of aryl methyl sites for hydroxylation is 1. The molecule has 1 fully saturated rings. The molecule has 90 valence electrons. The van der Waals surface area contributed by atoms with Crippen molar-refractivity contribution in [2.45, 2.75) is 31.7 Å². The van der Waals surface area contributed by atoms with E-state index in [9.17, 15) is 0 Å². The molecule has 1 N–H and O–H groups in total. The van der Waals surface area contributed by atoms with E-state index in [4.69, 9.17) is 8.94 Å². The Kier molecular flexibility index (Phi) is 2.92. The Morgan fingerprint density at radius 1 is 1.47 bits per heavy atom. The topological polar surface area (TPSA) is 64.1 Å². The molecule has 1 aliphatic heterocycles. The molecule has 0 saturated carbocycles. The zero-order valence-electron chi connectivity index (χ0n) is 9.56. The summed E-state index contributed by atoms with van der Waals surface area (Å²) in [6, 6.07) is 4.25. The van der Waals surface area contributed by atoms with E-state index in [0.717, 1.165) is 19.4 Å². The van der Waals surface area contributed by atoms with E-state index in [1.165, 1.54) is 12.8 Å². The van der Waals surface area contributed by atoms with Crippen LogP contribution in [0.25, 0.3) is 11.6 Å². The SMILES string of the molecule is c1coc(-c2noc(CCC3CCCN3)n2)c1. The van der Waals surface area contributed by atoms with Crippen molar-refractivity contribution in [3.8, 4) is 11.6 Å². The Labute approximate surface area is 99.2 Å².